The van der Waals surface area contributed by atoms with Crippen molar-refractivity contribution in [1.82, 2.24) is 19.6 Å². The van der Waals surface area contributed by atoms with Crippen molar-refractivity contribution in [3.8, 4) is 5.88 Å². The van der Waals surface area contributed by atoms with Gasteiger partial charge in [-0.1, -0.05) is 13.8 Å². The first kappa shape index (κ1) is 20.8. The van der Waals surface area contributed by atoms with Crippen LogP contribution in [-0.2, 0) is 9.59 Å². The van der Waals surface area contributed by atoms with Crippen molar-refractivity contribution in [2.75, 3.05) is 18.0 Å². The average Bonchev–Trinajstić information content (AvgIpc) is 3.21. The quantitative estimate of drug-likeness (QED) is 0.687. The molecule has 3 amide bonds. The molecular weight excluding hydrogens is 402 g/mol. The maximum Gasteiger partial charge on any atom is 0.416 e. The maximum absolute atomic E-state index is 12.4. The number of pyridine rings is 1. The number of ether oxygens (including phenoxy) is 1. The van der Waals surface area contributed by atoms with Crippen LogP contribution in [0.4, 0.5) is 10.5 Å². The molecule has 10 nitrogen and oxygen atoms in total. The molecule has 2 fully saturated rings. The van der Waals surface area contributed by atoms with Crippen LogP contribution in [0.15, 0.2) is 37.1 Å². The van der Waals surface area contributed by atoms with E-state index in [0.29, 0.717) is 31.6 Å². The largest absolute Gasteiger partial charge is 0.416 e. The van der Waals surface area contributed by atoms with Gasteiger partial charge in [-0.05, 0) is 11.5 Å². The second-order valence-corrected chi connectivity index (χ2v) is 8.58. The molecule has 2 aliphatic rings. The molecule has 0 spiro atoms. The van der Waals surface area contributed by atoms with Crippen molar-refractivity contribution < 1.29 is 24.0 Å². The molecule has 31 heavy (non-hydrogen) atoms. The third-order valence-electron chi connectivity index (χ3n) is 5.38. The molecule has 0 unspecified atom stereocenters. The highest BCUT2D eigenvalue weighted by atomic mass is 16.7. The molecule has 2 aromatic rings. The summed E-state index contributed by atoms with van der Waals surface area (Å²) in [6, 6.07) is 3.05. The molecule has 0 radical (unpaired) electrons. The summed E-state index contributed by atoms with van der Waals surface area (Å²) in [5, 5.41) is 0. The lowest BCUT2D eigenvalue weighted by molar-refractivity contribution is -0.132. The SMILES string of the molecule is CC1(C)CC(=O)N(c2ccc(OC(=O)N3CCC(On4ccnc4)CC3)nc2)C(=O)C1. The predicted octanol–water partition coefficient (Wildman–Crippen LogP) is 2.05. The molecule has 0 aromatic carbocycles. The summed E-state index contributed by atoms with van der Waals surface area (Å²) in [5.41, 5.74) is 0.0351. The summed E-state index contributed by atoms with van der Waals surface area (Å²) in [6.07, 6.45) is 7.76. The number of amides is 3. The van der Waals surface area contributed by atoms with Gasteiger partial charge in [-0.2, -0.15) is 4.73 Å². The number of imidazole rings is 1. The lowest BCUT2D eigenvalue weighted by Gasteiger charge is -2.34. The minimum atomic E-state index is -0.492. The molecule has 0 bridgehead atoms. The standard InChI is InChI=1S/C21H25N5O5/c1-21(2)11-18(27)26(19(28)12-21)15-3-4-17(23-13-15)30-20(29)24-8-5-16(6-9-24)31-25-10-7-22-14-25/h3-4,7,10,13-14,16H,5-6,8-9,11-12H2,1-2H3. The zero-order valence-corrected chi connectivity index (χ0v) is 17.6. The van der Waals surface area contributed by atoms with Crippen LogP contribution >= 0.6 is 0 Å². The lowest BCUT2D eigenvalue weighted by Crippen LogP contribution is -2.46. The molecule has 2 aliphatic heterocycles. The van der Waals surface area contributed by atoms with Crippen LogP contribution in [0.5, 0.6) is 5.88 Å². The first-order valence-electron chi connectivity index (χ1n) is 10.2. The van der Waals surface area contributed by atoms with E-state index < -0.39 is 6.09 Å². The number of carbonyl (C=O) groups is 3. The van der Waals surface area contributed by atoms with Gasteiger partial charge in [0.2, 0.25) is 17.7 Å². The van der Waals surface area contributed by atoms with Gasteiger partial charge in [0.25, 0.3) is 0 Å². The number of hydrogen-bond donors (Lipinski definition) is 0. The molecule has 164 valence electrons. The Bertz CT molecular complexity index is 929. The van der Waals surface area contributed by atoms with Gasteiger partial charge in [0.1, 0.15) is 12.4 Å². The second-order valence-electron chi connectivity index (χ2n) is 8.58. The number of nitrogens with zero attached hydrogens (tertiary/aromatic N) is 5. The van der Waals surface area contributed by atoms with Gasteiger partial charge >= 0.3 is 6.09 Å². The van der Waals surface area contributed by atoms with Crippen molar-refractivity contribution >= 4 is 23.6 Å². The summed E-state index contributed by atoms with van der Waals surface area (Å²) in [4.78, 5) is 53.8. The number of anilines is 1. The number of carbonyl (C=O) groups excluding carboxylic acids is 3. The monoisotopic (exact) mass is 427 g/mol. The van der Waals surface area contributed by atoms with E-state index in [0.717, 1.165) is 4.90 Å². The summed E-state index contributed by atoms with van der Waals surface area (Å²) in [5.74, 6) is -0.398. The Hall–Kier alpha value is -3.43. The van der Waals surface area contributed by atoms with E-state index in [-0.39, 0.29) is 42.1 Å². The second kappa shape index (κ2) is 8.37. The van der Waals surface area contributed by atoms with Crippen LogP contribution in [0.1, 0.15) is 39.5 Å². The van der Waals surface area contributed by atoms with Crippen molar-refractivity contribution in [1.29, 1.82) is 0 Å². The topological polar surface area (TPSA) is 107 Å². The number of rotatable bonds is 4. The van der Waals surface area contributed by atoms with E-state index in [1.54, 1.807) is 34.4 Å². The van der Waals surface area contributed by atoms with Crippen LogP contribution in [-0.4, -0.2) is 56.7 Å². The molecule has 2 aromatic heterocycles. The van der Waals surface area contributed by atoms with Gasteiger partial charge in [0.05, 0.1) is 18.1 Å². The van der Waals surface area contributed by atoms with E-state index in [4.69, 9.17) is 9.57 Å². The normalized spacial score (nSPS) is 19.4. The van der Waals surface area contributed by atoms with Crippen LogP contribution in [0, 0.1) is 5.41 Å². The Morgan fingerprint density at radius 2 is 1.84 bits per heavy atom. The third-order valence-corrected chi connectivity index (χ3v) is 5.38. The molecule has 2 saturated heterocycles. The summed E-state index contributed by atoms with van der Waals surface area (Å²) in [7, 11) is 0. The first-order valence-corrected chi connectivity index (χ1v) is 10.2. The molecule has 0 N–H and O–H groups in total. The van der Waals surface area contributed by atoms with Gasteiger partial charge in [-0.3, -0.25) is 9.59 Å². The molecule has 0 saturated carbocycles. The maximum atomic E-state index is 12.4. The highest BCUT2D eigenvalue weighted by molar-refractivity contribution is 6.16. The fourth-order valence-electron chi connectivity index (χ4n) is 3.81. The summed E-state index contributed by atoms with van der Waals surface area (Å²) in [6.45, 7) is 4.80. The molecule has 4 rings (SSSR count). The van der Waals surface area contributed by atoms with E-state index in [2.05, 4.69) is 9.97 Å². The van der Waals surface area contributed by atoms with Crippen molar-refractivity contribution in [3.63, 3.8) is 0 Å². The zero-order valence-electron chi connectivity index (χ0n) is 17.6. The van der Waals surface area contributed by atoms with Crippen LogP contribution in [0.3, 0.4) is 0 Å². The van der Waals surface area contributed by atoms with E-state index in [1.807, 2.05) is 13.8 Å². The van der Waals surface area contributed by atoms with Crippen LogP contribution in [0.25, 0.3) is 0 Å². The Morgan fingerprint density at radius 3 is 2.42 bits per heavy atom. The van der Waals surface area contributed by atoms with Crippen LogP contribution in [0.2, 0.25) is 0 Å². The minimum absolute atomic E-state index is 0.000234. The molecule has 0 aliphatic carbocycles. The lowest BCUT2D eigenvalue weighted by atomic mass is 9.81. The van der Waals surface area contributed by atoms with Gasteiger partial charge in [0, 0.05) is 51.0 Å². The van der Waals surface area contributed by atoms with Gasteiger partial charge in [-0.15, -0.1) is 0 Å². The Morgan fingerprint density at radius 1 is 1.13 bits per heavy atom. The van der Waals surface area contributed by atoms with E-state index in [9.17, 15) is 14.4 Å². The van der Waals surface area contributed by atoms with Crippen molar-refractivity contribution in [2.24, 2.45) is 5.41 Å². The highest BCUT2D eigenvalue weighted by Crippen LogP contribution is 2.34. The Kier molecular flexibility index (Phi) is 5.62. The molecule has 10 heteroatoms. The Balaban J connectivity index is 1.30. The zero-order chi connectivity index (χ0) is 22.0. The summed E-state index contributed by atoms with van der Waals surface area (Å²) >= 11 is 0. The highest BCUT2D eigenvalue weighted by Gasteiger charge is 2.38. The number of likely N-dealkylation sites (tertiary alicyclic amines) is 1. The number of aromatic nitrogens is 3. The Labute approximate surface area is 179 Å². The number of hydrogen-bond acceptors (Lipinski definition) is 7. The third kappa shape index (κ3) is 4.84. The average molecular weight is 427 g/mol. The first-order chi connectivity index (χ1) is 14.8. The molecule has 0 atom stereocenters. The number of imide groups is 1. The smallest absolute Gasteiger partial charge is 0.410 e. The molecule has 4 heterocycles. The number of piperidine rings is 2. The van der Waals surface area contributed by atoms with Gasteiger partial charge in [0.15, 0.2) is 0 Å². The molecular formula is C21H25N5O5. The fraction of sp³-hybridized carbons (Fsp3) is 0.476. The van der Waals surface area contributed by atoms with E-state index >= 15 is 0 Å². The fourth-order valence-corrected chi connectivity index (χ4v) is 3.81. The minimum Gasteiger partial charge on any atom is -0.410 e. The summed E-state index contributed by atoms with van der Waals surface area (Å²) < 4.78 is 6.91. The van der Waals surface area contributed by atoms with Gasteiger partial charge < -0.3 is 14.5 Å². The van der Waals surface area contributed by atoms with Gasteiger partial charge in [-0.25, -0.2) is 19.7 Å². The van der Waals surface area contributed by atoms with Crippen molar-refractivity contribution in [3.05, 3.63) is 37.1 Å². The van der Waals surface area contributed by atoms with E-state index in [1.165, 1.54) is 12.3 Å². The van der Waals surface area contributed by atoms with Crippen molar-refractivity contribution in [2.45, 2.75) is 45.6 Å². The predicted molar refractivity (Wildman–Crippen MR) is 109 cm³/mol. The van der Waals surface area contributed by atoms with Crippen LogP contribution < -0.4 is 14.5 Å².